The minimum absolute atomic E-state index is 0.308. The Morgan fingerprint density at radius 3 is 2.47 bits per heavy atom. The van der Waals surface area contributed by atoms with Crippen molar-refractivity contribution in [3.8, 4) is 0 Å². The van der Waals surface area contributed by atoms with Crippen molar-refractivity contribution in [2.45, 2.75) is 19.4 Å². The van der Waals surface area contributed by atoms with Gasteiger partial charge in [-0.15, -0.1) is 0 Å². The predicted octanol–water partition coefficient (Wildman–Crippen LogP) is -1.20. The Kier molecular flexibility index (Phi) is 5.15. The van der Waals surface area contributed by atoms with Crippen molar-refractivity contribution in [3.05, 3.63) is 29.8 Å². The van der Waals surface area contributed by atoms with E-state index in [4.69, 9.17) is 20.5 Å². The Hall–Kier alpha value is -1.37. The Bertz CT molecular complexity index is 366. The third-order valence-electron chi connectivity index (χ3n) is 2.32. The third-order valence-corrected chi connectivity index (χ3v) is 2.32. The van der Waals surface area contributed by atoms with Crippen LogP contribution in [0.4, 0.5) is 0 Å². The lowest BCUT2D eigenvalue weighted by Gasteiger charge is -2.10. The Balaban J connectivity index is 2.60. The van der Waals surface area contributed by atoms with Crippen molar-refractivity contribution >= 4 is 18.6 Å². The molecule has 1 aromatic rings. The molecule has 0 saturated heterocycles. The van der Waals surface area contributed by atoms with E-state index < -0.39 is 19.1 Å². The van der Waals surface area contributed by atoms with Crippen LogP contribution in [0.15, 0.2) is 24.3 Å². The number of benzene rings is 1. The number of nitrogens with two attached hydrogens (primary N) is 1. The summed E-state index contributed by atoms with van der Waals surface area (Å²) in [4.78, 5) is 11.3. The van der Waals surface area contributed by atoms with Gasteiger partial charge in [0.25, 0.3) is 0 Å². The molecule has 0 saturated carbocycles. The molecule has 0 aliphatic carbocycles. The highest BCUT2D eigenvalue weighted by Crippen LogP contribution is 2.02. The molecule has 0 aliphatic rings. The molecular formula is C11H16BNO4. The molecule has 0 spiro atoms. The van der Waals surface area contributed by atoms with Crippen LogP contribution in [-0.2, 0) is 16.0 Å². The molecule has 0 heterocycles. The van der Waals surface area contributed by atoms with Crippen LogP contribution in [0.5, 0.6) is 0 Å². The second-order valence-corrected chi connectivity index (χ2v) is 3.68. The average molecular weight is 237 g/mol. The standard InChI is InChI=1S/C11H16BNO4/c1-2-17-11(14)10(13)7-8-3-5-9(6-4-8)12(15)16/h3-6,10,15-16H,2,7,13H2,1H3. The zero-order chi connectivity index (χ0) is 12.8. The molecule has 5 nitrogen and oxygen atoms in total. The lowest BCUT2D eigenvalue weighted by Crippen LogP contribution is -2.34. The molecule has 1 unspecified atom stereocenters. The molecule has 6 heteroatoms. The summed E-state index contributed by atoms with van der Waals surface area (Å²) in [5, 5.41) is 17.8. The minimum Gasteiger partial charge on any atom is -0.465 e. The van der Waals surface area contributed by atoms with Gasteiger partial charge in [-0.2, -0.15) is 0 Å². The van der Waals surface area contributed by atoms with E-state index in [0.29, 0.717) is 18.5 Å². The van der Waals surface area contributed by atoms with Gasteiger partial charge in [0.2, 0.25) is 0 Å². The quantitative estimate of drug-likeness (QED) is 0.441. The highest BCUT2D eigenvalue weighted by Gasteiger charge is 2.16. The number of carbonyl (C=O) groups excluding carboxylic acids is 1. The lowest BCUT2D eigenvalue weighted by atomic mass is 9.80. The van der Waals surface area contributed by atoms with Gasteiger partial charge < -0.3 is 20.5 Å². The molecule has 0 bridgehead atoms. The van der Waals surface area contributed by atoms with E-state index in [1.165, 1.54) is 0 Å². The summed E-state index contributed by atoms with van der Waals surface area (Å²) < 4.78 is 4.79. The van der Waals surface area contributed by atoms with E-state index in [-0.39, 0.29) is 0 Å². The molecule has 1 aromatic carbocycles. The van der Waals surface area contributed by atoms with Gasteiger partial charge in [-0.1, -0.05) is 24.3 Å². The first-order valence-corrected chi connectivity index (χ1v) is 5.41. The van der Waals surface area contributed by atoms with E-state index in [9.17, 15) is 4.79 Å². The highest BCUT2D eigenvalue weighted by atomic mass is 16.5. The van der Waals surface area contributed by atoms with E-state index in [2.05, 4.69) is 0 Å². The summed E-state index contributed by atoms with van der Waals surface area (Å²) in [6.45, 7) is 2.03. The van der Waals surface area contributed by atoms with Crippen LogP contribution in [0.2, 0.25) is 0 Å². The van der Waals surface area contributed by atoms with E-state index >= 15 is 0 Å². The van der Waals surface area contributed by atoms with Crippen LogP contribution < -0.4 is 11.2 Å². The van der Waals surface area contributed by atoms with E-state index in [1.54, 1.807) is 31.2 Å². The number of rotatable bonds is 5. The first-order valence-electron chi connectivity index (χ1n) is 5.41. The monoisotopic (exact) mass is 237 g/mol. The number of hydrogen-bond donors (Lipinski definition) is 3. The fraction of sp³-hybridized carbons (Fsp3) is 0.364. The molecule has 0 radical (unpaired) electrons. The molecule has 0 aliphatic heterocycles. The van der Waals surface area contributed by atoms with Gasteiger partial charge in [0, 0.05) is 0 Å². The lowest BCUT2D eigenvalue weighted by molar-refractivity contribution is -0.144. The van der Waals surface area contributed by atoms with Crippen LogP contribution in [0, 0.1) is 0 Å². The number of ether oxygens (including phenoxy) is 1. The normalized spacial score (nSPS) is 12.0. The van der Waals surface area contributed by atoms with Crippen LogP contribution in [0.1, 0.15) is 12.5 Å². The summed E-state index contributed by atoms with van der Waals surface area (Å²) >= 11 is 0. The summed E-state index contributed by atoms with van der Waals surface area (Å²) in [7, 11) is -1.48. The second-order valence-electron chi connectivity index (χ2n) is 3.68. The number of carbonyl (C=O) groups is 1. The Labute approximate surface area is 100 Å². The number of esters is 1. The largest absolute Gasteiger partial charge is 0.488 e. The predicted molar refractivity (Wildman–Crippen MR) is 64.6 cm³/mol. The zero-order valence-corrected chi connectivity index (χ0v) is 9.67. The van der Waals surface area contributed by atoms with Crippen molar-refractivity contribution in [1.82, 2.24) is 0 Å². The minimum atomic E-state index is -1.48. The van der Waals surface area contributed by atoms with E-state index in [0.717, 1.165) is 5.56 Å². The molecule has 17 heavy (non-hydrogen) atoms. The molecular weight excluding hydrogens is 221 g/mol. The second kappa shape index (κ2) is 6.39. The van der Waals surface area contributed by atoms with Crippen LogP contribution in [0.3, 0.4) is 0 Å². The van der Waals surface area contributed by atoms with Gasteiger partial charge >= 0.3 is 13.1 Å². The number of hydrogen-bond acceptors (Lipinski definition) is 5. The van der Waals surface area contributed by atoms with Gasteiger partial charge in [-0.3, -0.25) is 4.79 Å². The Morgan fingerprint density at radius 2 is 2.00 bits per heavy atom. The third kappa shape index (κ3) is 4.18. The van der Waals surface area contributed by atoms with E-state index in [1.807, 2.05) is 0 Å². The van der Waals surface area contributed by atoms with Gasteiger partial charge in [0.15, 0.2) is 0 Å². The van der Waals surface area contributed by atoms with Gasteiger partial charge in [0.1, 0.15) is 6.04 Å². The van der Waals surface area contributed by atoms with Gasteiger partial charge in [-0.25, -0.2) is 0 Å². The summed E-state index contributed by atoms with van der Waals surface area (Å²) in [5.74, 6) is -0.432. The average Bonchev–Trinajstić information content (AvgIpc) is 2.30. The zero-order valence-electron chi connectivity index (χ0n) is 9.67. The van der Waals surface area contributed by atoms with Crippen LogP contribution >= 0.6 is 0 Å². The molecule has 4 N–H and O–H groups in total. The van der Waals surface area contributed by atoms with Gasteiger partial charge in [0.05, 0.1) is 6.61 Å². The molecule has 0 aromatic heterocycles. The first-order chi connectivity index (χ1) is 8.04. The molecule has 0 fully saturated rings. The molecule has 92 valence electrons. The van der Waals surface area contributed by atoms with Crippen LogP contribution in [-0.4, -0.2) is 35.8 Å². The topological polar surface area (TPSA) is 92.8 Å². The van der Waals surface area contributed by atoms with Crippen molar-refractivity contribution in [1.29, 1.82) is 0 Å². The Morgan fingerprint density at radius 1 is 1.41 bits per heavy atom. The van der Waals surface area contributed by atoms with Crippen molar-refractivity contribution < 1.29 is 19.6 Å². The van der Waals surface area contributed by atoms with Crippen LogP contribution in [0.25, 0.3) is 0 Å². The molecule has 1 rings (SSSR count). The van der Waals surface area contributed by atoms with Gasteiger partial charge in [-0.05, 0) is 24.4 Å². The highest BCUT2D eigenvalue weighted by molar-refractivity contribution is 6.58. The maximum Gasteiger partial charge on any atom is 0.488 e. The van der Waals surface area contributed by atoms with Crippen molar-refractivity contribution in [2.75, 3.05) is 6.61 Å². The fourth-order valence-corrected chi connectivity index (χ4v) is 1.41. The summed E-state index contributed by atoms with van der Waals surface area (Å²) in [6, 6.07) is 5.87. The maximum absolute atomic E-state index is 11.3. The SMILES string of the molecule is CCOC(=O)C(N)Cc1ccc(B(O)O)cc1. The smallest absolute Gasteiger partial charge is 0.465 e. The fourth-order valence-electron chi connectivity index (χ4n) is 1.41. The maximum atomic E-state index is 11.3. The van der Waals surface area contributed by atoms with Crippen molar-refractivity contribution in [2.24, 2.45) is 5.73 Å². The first kappa shape index (κ1) is 13.7. The molecule has 0 amide bonds. The molecule has 1 atom stereocenters. The summed E-state index contributed by atoms with van der Waals surface area (Å²) in [6.07, 6.45) is 0.362. The van der Waals surface area contributed by atoms with Crippen molar-refractivity contribution in [3.63, 3.8) is 0 Å². The summed E-state index contributed by atoms with van der Waals surface area (Å²) in [5.41, 5.74) is 6.90.